The van der Waals surface area contributed by atoms with E-state index < -0.39 is 0 Å². The van der Waals surface area contributed by atoms with Crippen molar-refractivity contribution in [3.8, 4) is 0 Å². The van der Waals surface area contributed by atoms with Gasteiger partial charge in [0.2, 0.25) is 0 Å². The molecule has 2 unspecified atom stereocenters. The van der Waals surface area contributed by atoms with Gasteiger partial charge in [-0.3, -0.25) is 0 Å². The third kappa shape index (κ3) is 2.31. The van der Waals surface area contributed by atoms with Crippen LogP contribution in [-0.2, 0) is 0 Å². The molecule has 0 bridgehead atoms. The molecule has 0 fully saturated rings. The third-order valence-electron chi connectivity index (χ3n) is 3.61. The lowest BCUT2D eigenvalue weighted by molar-refractivity contribution is 0.539. The number of hydrogen-bond donors (Lipinski definition) is 0. The highest BCUT2D eigenvalue weighted by Gasteiger charge is 2.30. The first-order valence-corrected chi connectivity index (χ1v) is 7.69. The summed E-state index contributed by atoms with van der Waals surface area (Å²) < 4.78 is 0. The molecule has 2 atom stereocenters. The zero-order valence-electron chi connectivity index (χ0n) is 9.98. The molecule has 5 heteroatoms. The Labute approximate surface area is 125 Å². The molecular formula is C14H11Cl2NOS. The molecule has 3 rings (SSSR count). The number of nitrogens with zero attached hydrogens (tertiary/aromatic N) is 1. The number of fused-ring (bicyclic) bond motifs is 1. The molecule has 1 aromatic heterocycles. The molecule has 19 heavy (non-hydrogen) atoms. The fourth-order valence-corrected chi connectivity index (χ4v) is 4.01. The van der Waals surface area contributed by atoms with Gasteiger partial charge in [0.05, 0.1) is 10.0 Å². The minimum absolute atomic E-state index is 0.186. The Hall–Kier alpha value is -0.900. The fraction of sp³-hybridized carbons (Fsp3) is 0.286. The van der Waals surface area contributed by atoms with E-state index in [0.29, 0.717) is 10.0 Å². The summed E-state index contributed by atoms with van der Waals surface area (Å²) in [6.07, 6.45) is 1.71. The van der Waals surface area contributed by atoms with Crippen molar-refractivity contribution in [3.05, 3.63) is 60.6 Å². The van der Waals surface area contributed by atoms with Gasteiger partial charge < -0.3 is 0 Å². The Morgan fingerprint density at radius 2 is 2.00 bits per heavy atom. The normalized spacial score (nSPS) is 22.0. The lowest BCUT2D eigenvalue weighted by Crippen LogP contribution is -2.11. The molecule has 1 aromatic carbocycles. The van der Waals surface area contributed by atoms with Crippen molar-refractivity contribution in [1.29, 1.82) is 0 Å². The Morgan fingerprint density at radius 3 is 2.74 bits per heavy atom. The highest BCUT2D eigenvalue weighted by molar-refractivity contribution is 7.10. The topological polar surface area (TPSA) is 29.4 Å². The van der Waals surface area contributed by atoms with Crippen LogP contribution in [0.2, 0.25) is 10.0 Å². The quantitative estimate of drug-likeness (QED) is 0.645. The van der Waals surface area contributed by atoms with E-state index in [2.05, 4.69) is 11.2 Å². The van der Waals surface area contributed by atoms with Crippen LogP contribution < -0.4 is 0 Å². The average molecular weight is 312 g/mol. The molecule has 0 aliphatic heterocycles. The van der Waals surface area contributed by atoms with E-state index in [1.54, 1.807) is 11.3 Å². The number of benzene rings is 1. The summed E-state index contributed by atoms with van der Waals surface area (Å²) >= 11 is 13.7. The van der Waals surface area contributed by atoms with E-state index >= 15 is 0 Å². The SMILES string of the molecule is O=NC1CCC(c2ccc(Cl)c(Cl)c2)c2ccsc21. The van der Waals surface area contributed by atoms with Crippen LogP contribution in [0.1, 0.15) is 40.8 Å². The van der Waals surface area contributed by atoms with Crippen molar-refractivity contribution in [2.45, 2.75) is 24.8 Å². The predicted molar refractivity (Wildman–Crippen MR) is 80.4 cm³/mol. The molecule has 98 valence electrons. The smallest absolute Gasteiger partial charge is 0.126 e. The second kappa shape index (κ2) is 5.23. The van der Waals surface area contributed by atoms with Crippen molar-refractivity contribution in [2.75, 3.05) is 0 Å². The molecule has 1 heterocycles. The Kier molecular flexibility index (Phi) is 3.61. The van der Waals surface area contributed by atoms with Crippen LogP contribution >= 0.6 is 34.5 Å². The Morgan fingerprint density at radius 1 is 1.16 bits per heavy atom. The fourth-order valence-electron chi connectivity index (χ4n) is 2.68. The molecule has 0 saturated carbocycles. The van der Waals surface area contributed by atoms with Crippen molar-refractivity contribution in [2.24, 2.45) is 5.18 Å². The number of nitroso groups, excluding NO2 is 1. The van der Waals surface area contributed by atoms with Crippen LogP contribution in [-0.4, -0.2) is 0 Å². The van der Waals surface area contributed by atoms with Gasteiger partial charge in [-0.15, -0.1) is 11.3 Å². The van der Waals surface area contributed by atoms with E-state index in [9.17, 15) is 4.91 Å². The summed E-state index contributed by atoms with van der Waals surface area (Å²) in [5.41, 5.74) is 2.36. The van der Waals surface area contributed by atoms with Crippen molar-refractivity contribution in [1.82, 2.24) is 0 Å². The molecule has 2 aromatic rings. The number of rotatable bonds is 2. The highest BCUT2D eigenvalue weighted by Crippen LogP contribution is 2.45. The zero-order chi connectivity index (χ0) is 13.4. The maximum atomic E-state index is 10.9. The van der Waals surface area contributed by atoms with E-state index in [4.69, 9.17) is 23.2 Å². The maximum absolute atomic E-state index is 10.9. The molecule has 0 radical (unpaired) electrons. The van der Waals surface area contributed by atoms with Gasteiger partial charge in [0.1, 0.15) is 6.04 Å². The first-order valence-electron chi connectivity index (χ1n) is 6.05. The van der Waals surface area contributed by atoms with Gasteiger partial charge in [0, 0.05) is 10.8 Å². The van der Waals surface area contributed by atoms with Crippen molar-refractivity contribution in [3.63, 3.8) is 0 Å². The van der Waals surface area contributed by atoms with Crippen LogP contribution in [0, 0.1) is 4.91 Å². The first-order chi connectivity index (χ1) is 9.20. The van der Waals surface area contributed by atoms with Crippen LogP contribution in [0.4, 0.5) is 0 Å². The van der Waals surface area contributed by atoms with Gasteiger partial charge >= 0.3 is 0 Å². The molecular weight excluding hydrogens is 301 g/mol. The van der Waals surface area contributed by atoms with Gasteiger partial charge in [-0.1, -0.05) is 34.4 Å². The standard InChI is InChI=1S/C14H11Cl2NOS/c15-11-3-1-8(7-12(11)16)9-2-4-13(17-18)14-10(9)5-6-19-14/h1,3,5-7,9,13H,2,4H2. The van der Waals surface area contributed by atoms with Gasteiger partial charge in [0.15, 0.2) is 0 Å². The molecule has 1 aliphatic rings. The summed E-state index contributed by atoms with van der Waals surface area (Å²) in [7, 11) is 0. The summed E-state index contributed by atoms with van der Waals surface area (Å²) in [5.74, 6) is 0.286. The lowest BCUT2D eigenvalue weighted by atomic mass is 9.81. The molecule has 0 N–H and O–H groups in total. The van der Waals surface area contributed by atoms with Gasteiger partial charge in [-0.25, -0.2) is 0 Å². The van der Waals surface area contributed by atoms with Crippen molar-refractivity contribution >= 4 is 34.5 Å². The lowest BCUT2D eigenvalue weighted by Gasteiger charge is -2.26. The van der Waals surface area contributed by atoms with Crippen molar-refractivity contribution < 1.29 is 0 Å². The van der Waals surface area contributed by atoms with Gasteiger partial charge in [0.25, 0.3) is 0 Å². The number of hydrogen-bond acceptors (Lipinski definition) is 3. The van der Waals surface area contributed by atoms with Crippen LogP contribution in [0.5, 0.6) is 0 Å². The average Bonchev–Trinajstić information content (AvgIpc) is 2.90. The van der Waals surface area contributed by atoms with Crippen LogP contribution in [0.25, 0.3) is 0 Å². The molecule has 0 spiro atoms. The Balaban J connectivity index is 2.03. The minimum Gasteiger partial charge on any atom is -0.150 e. The molecule has 1 aliphatic carbocycles. The minimum atomic E-state index is -0.186. The first kappa shape index (κ1) is 13.1. The zero-order valence-corrected chi connectivity index (χ0v) is 12.3. The predicted octanol–water partition coefficient (Wildman–Crippen LogP) is 5.79. The summed E-state index contributed by atoms with van der Waals surface area (Å²) in [5, 5.41) is 6.40. The van der Waals surface area contributed by atoms with E-state index in [0.717, 1.165) is 23.3 Å². The van der Waals surface area contributed by atoms with E-state index in [1.165, 1.54) is 5.56 Å². The number of thiophene rings is 1. The van der Waals surface area contributed by atoms with Gasteiger partial charge in [-0.2, -0.15) is 4.91 Å². The second-order valence-electron chi connectivity index (χ2n) is 4.66. The van der Waals surface area contributed by atoms with E-state index in [1.807, 2.05) is 23.6 Å². The second-order valence-corrected chi connectivity index (χ2v) is 6.43. The Bertz CT molecular complexity index is 626. The van der Waals surface area contributed by atoms with Crippen LogP contribution in [0.3, 0.4) is 0 Å². The molecule has 0 amide bonds. The summed E-state index contributed by atoms with van der Waals surface area (Å²) in [6, 6.07) is 7.66. The summed E-state index contributed by atoms with van der Waals surface area (Å²) in [4.78, 5) is 12.0. The molecule has 2 nitrogen and oxygen atoms in total. The number of halogens is 2. The monoisotopic (exact) mass is 311 g/mol. The third-order valence-corrected chi connectivity index (χ3v) is 5.38. The highest BCUT2D eigenvalue weighted by atomic mass is 35.5. The van der Waals surface area contributed by atoms with Crippen LogP contribution in [0.15, 0.2) is 34.8 Å². The summed E-state index contributed by atoms with van der Waals surface area (Å²) in [6.45, 7) is 0. The maximum Gasteiger partial charge on any atom is 0.126 e. The van der Waals surface area contributed by atoms with Gasteiger partial charge in [-0.05, 0) is 47.5 Å². The largest absolute Gasteiger partial charge is 0.150 e. The van der Waals surface area contributed by atoms with E-state index in [-0.39, 0.29) is 12.0 Å². The molecule has 0 saturated heterocycles.